The molecule has 1 heterocycles. The summed E-state index contributed by atoms with van der Waals surface area (Å²) in [6.07, 6.45) is 4.22. The Balaban J connectivity index is 2.81. The number of nitrogens with two attached hydrogens (primary N) is 1. The fraction of sp³-hybridized carbons (Fsp3) is 0. The number of carbonyl (C=O) groups is 1. The molecule has 5 nitrogen and oxygen atoms in total. The van der Waals surface area contributed by atoms with Crippen LogP contribution in [0.3, 0.4) is 0 Å². The predicted octanol–water partition coefficient (Wildman–Crippen LogP) is -0.613. The first-order valence-electron chi connectivity index (χ1n) is 2.90. The number of hydrogen-bond acceptors (Lipinski definition) is 4. The Morgan fingerprint density at radius 2 is 2.55 bits per heavy atom. The highest BCUT2D eigenvalue weighted by molar-refractivity contribution is 6.35. The van der Waals surface area contributed by atoms with Gasteiger partial charge < -0.3 is 16.2 Å². The first-order valence-corrected chi connectivity index (χ1v) is 2.90. The summed E-state index contributed by atoms with van der Waals surface area (Å²) in [5, 5.41) is 11.0. The van der Waals surface area contributed by atoms with Gasteiger partial charge >= 0.3 is 5.97 Å². The Kier molecular flexibility index (Phi) is 1.91. The number of nitrogens with one attached hydrogen (secondary N) is 1. The molecule has 0 aliphatic carbocycles. The summed E-state index contributed by atoms with van der Waals surface area (Å²) < 4.78 is 0. The summed E-state index contributed by atoms with van der Waals surface area (Å²) in [5.41, 5.74) is 5.67. The SMILES string of the molecule is NC=C1C=CN=C(C(=O)O)N1. The van der Waals surface area contributed by atoms with Crippen LogP contribution in [0.2, 0.25) is 0 Å². The molecule has 1 rings (SSSR count). The highest BCUT2D eigenvalue weighted by Crippen LogP contribution is 1.96. The van der Waals surface area contributed by atoms with Crippen LogP contribution in [0.25, 0.3) is 0 Å². The lowest BCUT2D eigenvalue weighted by molar-refractivity contribution is -0.129. The zero-order valence-electron chi connectivity index (χ0n) is 5.61. The molecule has 0 aromatic rings. The Labute approximate surface area is 62.9 Å². The van der Waals surface area contributed by atoms with Crippen LogP contribution in [-0.2, 0) is 4.79 Å². The van der Waals surface area contributed by atoms with Crippen molar-refractivity contribution in [3.05, 3.63) is 24.2 Å². The number of hydrogen-bond donors (Lipinski definition) is 3. The number of allylic oxidation sites excluding steroid dienone is 1. The third-order valence-electron chi connectivity index (χ3n) is 1.10. The molecule has 0 aromatic carbocycles. The molecule has 11 heavy (non-hydrogen) atoms. The molecule has 1 aliphatic rings. The van der Waals surface area contributed by atoms with E-state index in [0.29, 0.717) is 5.70 Å². The van der Waals surface area contributed by atoms with Gasteiger partial charge in [0.25, 0.3) is 0 Å². The van der Waals surface area contributed by atoms with E-state index in [0.717, 1.165) is 0 Å². The lowest BCUT2D eigenvalue weighted by Gasteiger charge is -2.08. The third kappa shape index (κ3) is 1.57. The molecule has 0 bridgehead atoms. The molecule has 5 heteroatoms. The summed E-state index contributed by atoms with van der Waals surface area (Å²) >= 11 is 0. The van der Waals surface area contributed by atoms with E-state index in [2.05, 4.69) is 10.3 Å². The minimum Gasteiger partial charge on any atom is -0.475 e. The summed E-state index contributed by atoms with van der Waals surface area (Å²) in [5.74, 6) is -1.22. The van der Waals surface area contributed by atoms with Crippen molar-refractivity contribution >= 4 is 11.8 Å². The van der Waals surface area contributed by atoms with Gasteiger partial charge in [-0.3, -0.25) is 0 Å². The zero-order valence-corrected chi connectivity index (χ0v) is 5.61. The van der Waals surface area contributed by atoms with Crippen molar-refractivity contribution in [2.24, 2.45) is 10.7 Å². The zero-order chi connectivity index (χ0) is 8.27. The van der Waals surface area contributed by atoms with Crippen LogP contribution in [-0.4, -0.2) is 16.9 Å². The van der Waals surface area contributed by atoms with Gasteiger partial charge in [0.2, 0.25) is 5.84 Å². The molecule has 4 N–H and O–H groups in total. The van der Waals surface area contributed by atoms with Crippen LogP contribution >= 0.6 is 0 Å². The molecule has 0 amide bonds. The predicted molar refractivity (Wildman–Crippen MR) is 39.6 cm³/mol. The fourth-order valence-electron chi connectivity index (χ4n) is 0.609. The minimum atomic E-state index is -1.10. The minimum absolute atomic E-state index is 0.121. The van der Waals surface area contributed by atoms with Crippen molar-refractivity contribution < 1.29 is 9.90 Å². The van der Waals surface area contributed by atoms with Crippen LogP contribution in [0, 0.1) is 0 Å². The fourth-order valence-corrected chi connectivity index (χ4v) is 0.609. The van der Waals surface area contributed by atoms with Gasteiger partial charge in [0.15, 0.2) is 0 Å². The van der Waals surface area contributed by atoms with Crippen LogP contribution in [0.4, 0.5) is 0 Å². The van der Waals surface area contributed by atoms with Gasteiger partial charge in [-0.1, -0.05) is 0 Å². The number of aliphatic imine (C=N–C) groups is 1. The van der Waals surface area contributed by atoms with E-state index in [9.17, 15) is 4.79 Å². The number of carboxylic acid groups (broad SMARTS) is 1. The standard InChI is InChI=1S/C6H7N3O2/c7-3-4-1-2-8-5(9-4)6(10)11/h1-3H,7H2,(H,8,9)(H,10,11). The molecule has 0 aromatic heterocycles. The smallest absolute Gasteiger partial charge is 0.371 e. The molecule has 0 spiro atoms. The monoisotopic (exact) mass is 153 g/mol. The molecule has 0 unspecified atom stereocenters. The van der Waals surface area contributed by atoms with Gasteiger partial charge in [-0.2, -0.15) is 0 Å². The van der Waals surface area contributed by atoms with Crippen molar-refractivity contribution in [1.82, 2.24) is 5.32 Å². The van der Waals surface area contributed by atoms with Crippen LogP contribution in [0.15, 0.2) is 29.2 Å². The molecule has 0 atom stereocenters. The topological polar surface area (TPSA) is 87.7 Å². The first kappa shape index (κ1) is 7.33. The molecule has 0 fully saturated rings. The lowest BCUT2D eigenvalue weighted by Crippen LogP contribution is -2.31. The lowest BCUT2D eigenvalue weighted by atomic mass is 10.4. The van der Waals surface area contributed by atoms with Gasteiger partial charge in [0.05, 0.1) is 5.70 Å². The summed E-state index contributed by atoms with van der Waals surface area (Å²) in [4.78, 5) is 13.9. The van der Waals surface area contributed by atoms with Gasteiger partial charge in [-0.15, -0.1) is 0 Å². The second-order valence-electron chi connectivity index (χ2n) is 1.85. The molecular weight excluding hydrogens is 146 g/mol. The molecule has 1 aliphatic heterocycles. The summed E-state index contributed by atoms with van der Waals surface area (Å²) in [6.45, 7) is 0. The second kappa shape index (κ2) is 2.87. The van der Waals surface area contributed by atoms with E-state index in [1.54, 1.807) is 6.08 Å². The summed E-state index contributed by atoms with van der Waals surface area (Å²) in [7, 11) is 0. The molecule has 58 valence electrons. The largest absolute Gasteiger partial charge is 0.475 e. The second-order valence-corrected chi connectivity index (χ2v) is 1.85. The highest BCUT2D eigenvalue weighted by Gasteiger charge is 2.10. The van der Waals surface area contributed by atoms with Gasteiger partial charge in [-0.25, -0.2) is 9.79 Å². The molecule has 0 radical (unpaired) electrons. The maximum absolute atomic E-state index is 10.3. The van der Waals surface area contributed by atoms with E-state index < -0.39 is 5.97 Å². The first-order chi connectivity index (χ1) is 5.24. The third-order valence-corrected chi connectivity index (χ3v) is 1.10. The van der Waals surface area contributed by atoms with Crippen molar-refractivity contribution in [1.29, 1.82) is 0 Å². The average molecular weight is 153 g/mol. The van der Waals surface area contributed by atoms with Crippen molar-refractivity contribution in [2.45, 2.75) is 0 Å². The van der Waals surface area contributed by atoms with E-state index in [1.165, 1.54) is 12.4 Å². The Hall–Kier alpha value is -1.78. The number of amidine groups is 1. The number of aliphatic carboxylic acids is 1. The molecule has 0 saturated carbocycles. The molecule has 0 saturated heterocycles. The van der Waals surface area contributed by atoms with Crippen molar-refractivity contribution in [2.75, 3.05) is 0 Å². The van der Waals surface area contributed by atoms with Gasteiger partial charge in [0.1, 0.15) is 0 Å². The summed E-state index contributed by atoms with van der Waals surface area (Å²) in [6, 6.07) is 0. The average Bonchev–Trinajstić information content (AvgIpc) is 2.05. The quantitative estimate of drug-likeness (QED) is 0.468. The Bertz CT molecular complexity index is 265. The Morgan fingerprint density at radius 1 is 1.82 bits per heavy atom. The number of carboxylic acids is 1. The Morgan fingerprint density at radius 3 is 3.09 bits per heavy atom. The van der Waals surface area contributed by atoms with E-state index in [-0.39, 0.29) is 5.84 Å². The van der Waals surface area contributed by atoms with Crippen LogP contribution in [0.5, 0.6) is 0 Å². The van der Waals surface area contributed by atoms with Gasteiger partial charge in [-0.05, 0) is 6.08 Å². The maximum atomic E-state index is 10.3. The van der Waals surface area contributed by atoms with E-state index in [4.69, 9.17) is 10.8 Å². The number of rotatable bonds is 1. The molecular formula is C6H7N3O2. The normalized spacial score (nSPS) is 19.3. The van der Waals surface area contributed by atoms with E-state index in [1.807, 2.05) is 0 Å². The number of nitrogens with zero attached hydrogens (tertiary/aromatic N) is 1. The maximum Gasteiger partial charge on any atom is 0.371 e. The van der Waals surface area contributed by atoms with Gasteiger partial charge in [0, 0.05) is 12.4 Å². The highest BCUT2D eigenvalue weighted by atomic mass is 16.4. The van der Waals surface area contributed by atoms with Crippen LogP contribution < -0.4 is 11.1 Å². The van der Waals surface area contributed by atoms with E-state index >= 15 is 0 Å². The van der Waals surface area contributed by atoms with Crippen LogP contribution in [0.1, 0.15) is 0 Å². The van der Waals surface area contributed by atoms with Crippen molar-refractivity contribution in [3.63, 3.8) is 0 Å². The van der Waals surface area contributed by atoms with Crippen molar-refractivity contribution in [3.8, 4) is 0 Å².